The van der Waals surface area contributed by atoms with Crippen LogP contribution in [0.1, 0.15) is 45.4 Å². The summed E-state index contributed by atoms with van der Waals surface area (Å²) in [6, 6.07) is 0.875. The molecule has 24 heavy (non-hydrogen) atoms. The Hall–Kier alpha value is -0.0700. The first-order valence-corrected chi connectivity index (χ1v) is 9.02. The number of likely N-dealkylation sites (tertiary alicyclic amines) is 1. The Labute approximate surface area is 158 Å². The highest BCUT2D eigenvalue weighted by Crippen LogP contribution is 2.28. The highest BCUT2D eigenvalue weighted by atomic mass is 35.5. The van der Waals surface area contributed by atoms with E-state index < -0.39 is 0 Å². The lowest BCUT2D eigenvalue weighted by molar-refractivity contribution is -0.134. The number of carbonyl (C=O) groups excluding carboxylic acids is 1. The van der Waals surface area contributed by atoms with Crippen LogP contribution in [0.3, 0.4) is 0 Å². The van der Waals surface area contributed by atoms with Crippen LogP contribution in [-0.2, 0) is 9.53 Å². The molecule has 2 heterocycles. The zero-order chi connectivity index (χ0) is 15.5. The molecule has 3 aliphatic rings. The van der Waals surface area contributed by atoms with Crippen LogP contribution in [0.25, 0.3) is 0 Å². The number of hydrogen-bond donors (Lipinski definition) is 1. The molecule has 0 aromatic rings. The number of hydrogen-bond acceptors (Lipinski definition) is 4. The molecule has 0 spiro atoms. The average Bonchev–Trinajstić information content (AvgIpc) is 2.92. The molecule has 2 saturated heterocycles. The predicted molar refractivity (Wildman–Crippen MR) is 101 cm³/mol. The van der Waals surface area contributed by atoms with Crippen molar-refractivity contribution in [1.82, 2.24) is 9.80 Å². The van der Waals surface area contributed by atoms with E-state index in [-0.39, 0.29) is 30.9 Å². The van der Waals surface area contributed by atoms with E-state index in [1.54, 1.807) is 0 Å². The predicted octanol–water partition coefficient (Wildman–Crippen LogP) is 2.06. The van der Waals surface area contributed by atoms with Gasteiger partial charge in [-0.1, -0.05) is 6.42 Å². The van der Waals surface area contributed by atoms with Crippen molar-refractivity contribution in [2.24, 2.45) is 11.7 Å². The van der Waals surface area contributed by atoms with Gasteiger partial charge in [0.25, 0.3) is 0 Å². The summed E-state index contributed by atoms with van der Waals surface area (Å²) in [5, 5.41) is 0. The summed E-state index contributed by atoms with van der Waals surface area (Å²) in [7, 11) is 0. The van der Waals surface area contributed by atoms with E-state index in [1.807, 2.05) is 0 Å². The van der Waals surface area contributed by atoms with E-state index in [0.29, 0.717) is 30.4 Å². The highest BCUT2D eigenvalue weighted by molar-refractivity contribution is 5.85. The first-order valence-electron chi connectivity index (χ1n) is 9.02. The van der Waals surface area contributed by atoms with Crippen molar-refractivity contribution in [2.45, 2.75) is 63.6 Å². The number of rotatable bonds is 3. The third-order valence-corrected chi connectivity index (χ3v) is 5.76. The molecule has 5 nitrogen and oxygen atoms in total. The summed E-state index contributed by atoms with van der Waals surface area (Å²) in [6.45, 7) is 6.90. The lowest BCUT2D eigenvalue weighted by Gasteiger charge is -2.41. The molecule has 0 radical (unpaired) electrons. The summed E-state index contributed by atoms with van der Waals surface area (Å²) < 4.78 is 5.62. The molecule has 0 aromatic carbocycles. The topological polar surface area (TPSA) is 58.8 Å². The van der Waals surface area contributed by atoms with Crippen molar-refractivity contribution in [2.75, 3.05) is 32.8 Å². The Balaban J connectivity index is 0.00000144. The van der Waals surface area contributed by atoms with Crippen LogP contribution in [0.5, 0.6) is 0 Å². The van der Waals surface area contributed by atoms with Crippen LogP contribution in [-0.4, -0.2) is 66.7 Å². The molecule has 2 aliphatic heterocycles. The van der Waals surface area contributed by atoms with Gasteiger partial charge in [-0.05, 0) is 38.5 Å². The number of nitrogens with two attached hydrogens (primary N) is 1. The quantitative estimate of drug-likeness (QED) is 0.812. The van der Waals surface area contributed by atoms with Gasteiger partial charge < -0.3 is 15.4 Å². The Bertz CT molecular complexity index is 392. The van der Waals surface area contributed by atoms with Crippen LogP contribution in [0.2, 0.25) is 0 Å². The number of ether oxygens (including phenoxy) is 1. The maximum absolute atomic E-state index is 12.5. The molecule has 1 amide bonds. The van der Waals surface area contributed by atoms with Crippen molar-refractivity contribution in [3.05, 3.63) is 0 Å². The number of piperidine rings is 1. The fourth-order valence-corrected chi connectivity index (χ4v) is 4.33. The van der Waals surface area contributed by atoms with Crippen molar-refractivity contribution in [1.29, 1.82) is 0 Å². The second kappa shape index (κ2) is 10.2. The largest absolute Gasteiger partial charge is 0.376 e. The summed E-state index contributed by atoms with van der Waals surface area (Å²) in [5.74, 6) is 0.751. The van der Waals surface area contributed by atoms with Gasteiger partial charge in [0.05, 0.1) is 12.7 Å². The van der Waals surface area contributed by atoms with Crippen LogP contribution in [0.15, 0.2) is 0 Å². The van der Waals surface area contributed by atoms with Gasteiger partial charge in [-0.25, -0.2) is 0 Å². The van der Waals surface area contributed by atoms with Gasteiger partial charge >= 0.3 is 0 Å². The third kappa shape index (κ3) is 5.46. The van der Waals surface area contributed by atoms with E-state index >= 15 is 0 Å². The minimum absolute atomic E-state index is 0. The number of halogens is 2. The fraction of sp³-hybridized carbons (Fsp3) is 0.941. The lowest BCUT2D eigenvalue weighted by Crippen LogP contribution is -2.52. The van der Waals surface area contributed by atoms with Crippen LogP contribution >= 0.6 is 24.8 Å². The number of amides is 1. The van der Waals surface area contributed by atoms with E-state index in [0.717, 1.165) is 58.5 Å². The molecule has 1 aliphatic carbocycles. The van der Waals surface area contributed by atoms with Crippen molar-refractivity contribution in [3.63, 3.8) is 0 Å². The Morgan fingerprint density at radius 3 is 2.42 bits per heavy atom. The Morgan fingerprint density at radius 1 is 1.12 bits per heavy atom. The standard InChI is InChI=1S/C17H31N3O2.2ClH/c1-13-12-20(9-10-22-13)15-5-7-19(8-6-15)17(21)11-14-3-2-4-16(14)18;;/h13-16H,2-12,18H2,1H3;2*1H/t13?,14-,16+;;/m0../s1. The zero-order valence-corrected chi connectivity index (χ0v) is 16.3. The van der Waals surface area contributed by atoms with Gasteiger partial charge in [-0.15, -0.1) is 24.8 Å². The molecule has 3 fully saturated rings. The van der Waals surface area contributed by atoms with E-state index in [2.05, 4.69) is 16.7 Å². The zero-order valence-electron chi connectivity index (χ0n) is 14.7. The van der Waals surface area contributed by atoms with Gasteiger partial charge in [-0.3, -0.25) is 9.69 Å². The molecular formula is C17H33Cl2N3O2. The molecule has 2 N–H and O–H groups in total. The minimum atomic E-state index is 0. The van der Waals surface area contributed by atoms with Gasteiger partial charge in [0.2, 0.25) is 5.91 Å². The highest BCUT2D eigenvalue weighted by Gasteiger charge is 2.32. The molecule has 142 valence electrons. The number of carbonyl (C=O) groups is 1. The maximum atomic E-state index is 12.5. The number of nitrogens with zero attached hydrogens (tertiary/aromatic N) is 2. The first kappa shape index (κ1) is 22.0. The molecule has 1 saturated carbocycles. The molecule has 0 bridgehead atoms. The van der Waals surface area contributed by atoms with Gasteiger partial charge in [0.1, 0.15) is 0 Å². The molecule has 3 rings (SSSR count). The van der Waals surface area contributed by atoms with Gasteiger partial charge in [0, 0.05) is 44.7 Å². The van der Waals surface area contributed by atoms with E-state index in [4.69, 9.17) is 10.5 Å². The maximum Gasteiger partial charge on any atom is 0.222 e. The van der Waals surface area contributed by atoms with Crippen LogP contribution in [0.4, 0.5) is 0 Å². The van der Waals surface area contributed by atoms with Crippen molar-refractivity contribution < 1.29 is 9.53 Å². The normalized spacial score (nSPS) is 32.1. The monoisotopic (exact) mass is 381 g/mol. The Morgan fingerprint density at radius 2 is 1.83 bits per heavy atom. The first-order chi connectivity index (χ1) is 10.6. The van der Waals surface area contributed by atoms with Crippen molar-refractivity contribution in [3.8, 4) is 0 Å². The van der Waals surface area contributed by atoms with Crippen LogP contribution < -0.4 is 5.73 Å². The second-order valence-electron chi connectivity index (χ2n) is 7.35. The average molecular weight is 382 g/mol. The SMILES string of the molecule is CC1CN(C2CCN(C(=O)C[C@@H]3CCC[C@H]3N)CC2)CCO1.Cl.Cl. The lowest BCUT2D eigenvalue weighted by atomic mass is 9.97. The molecule has 0 aromatic heterocycles. The summed E-state index contributed by atoms with van der Waals surface area (Å²) >= 11 is 0. The number of morpholine rings is 1. The second-order valence-corrected chi connectivity index (χ2v) is 7.35. The van der Waals surface area contributed by atoms with Crippen LogP contribution in [0, 0.1) is 5.92 Å². The van der Waals surface area contributed by atoms with Crippen molar-refractivity contribution >= 4 is 30.7 Å². The molecule has 1 unspecified atom stereocenters. The minimum Gasteiger partial charge on any atom is -0.376 e. The van der Waals surface area contributed by atoms with Gasteiger partial charge in [-0.2, -0.15) is 0 Å². The molecule has 3 atom stereocenters. The van der Waals surface area contributed by atoms with E-state index in [9.17, 15) is 4.79 Å². The van der Waals surface area contributed by atoms with E-state index in [1.165, 1.54) is 6.42 Å². The van der Waals surface area contributed by atoms with Gasteiger partial charge in [0.15, 0.2) is 0 Å². The summed E-state index contributed by atoms with van der Waals surface area (Å²) in [4.78, 5) is 17.1. The summed E-state index contributed by atoms with van der Waals surface area (Å²) in [5.41, 5.74) is 6.10. The fourth-order valence-electron chi connectivity index (χ4n) is 4.33. The third-order valence-electron chi connectivity index (χ3n) is 5.76. The Kier molecular flexibility index (Phi) is 9.31. The molecule has 7 heteroatoms. The summed E-state index contributed by atoms with van der Waals surface area (Å²) in [6.07, 6.45) is 6.64. The molecular weight excluding hydrogens is 349 g/mol. The smallest absolute Gasteiger partial charge is 0.222 e.